The Balaban J connectivity index is 1.42. The highest BCUT2D eigenvalue weighted by Gasteiger charge is 2.21. The van der Waals surface area contributed by atoms with E-state index in [9.17, 15) is 4.79 Å². The van der Waals surface area contributed by atoms with Crippen LogP contribution in [0.25, 0.3) is 0 Å². The molecule has 1 aromatic carbocycles. The third kappa shape index (κ3) is 7.12. The number of hydrogen-bond donors (Lipinski definition) is 1. The van der Waals surface area contributed by atoms with Gasteiger partial charge < -0.3 is 19.7 Å². The maximum absolute atomic E-state index is 12.6. The number of nitrogens with one attached hydrogen (secondary N) is 1. The van der Waals surface area contributed by atoms with Crippen molar-refractivity contribution in [1.82, 2.24) is 14.8 Å². The van der Waals surface area contributed by atoms with Gasteiger partial charge in [-0.3, -0.25) is 9.88 Å². The highest BCUT2D eigenvalue weighted by atomic mass is 16.5. The molecule has 156 valence electrons. The Morgan fingerprint density at radius 3 is 2.55 bits per heavy atom. The van der Waals surface area contributed by atoms with E-state index in [2.05, 4.69) is 15.2 Å². The Labute approximate surface area is 172 Å². The molecule has 1 aliphatic heterocycles. The van der Waals surface area contributed by atoms with E-state index in [0.717, 1.165) is 44.0 Å². The van der Waals surface area contributed by atoms with Gasteiger partial charge >= 0.3 is 6.03 Å². The third-order valence-corrected chi connectivity index (χ3v) is 4.84. The lowest BCUT2D eigenvalue weighted by atomic mass is 10.2. The summed E-state index contributed by atoms with van der Waals surface area (Å²) in [4.78, 5) is 20.9. The summed E-state index contributed by atoms with van der Waals surface area (Å²) in [5.41, 5.74) is 3.07. The number of pyridine rings is 1. The minimum absolute atomic E-state index is 0.0528. The fraction of sp³-hybridized carbons (Fsp3) is 0.455. The Morgan fingerprint density at radius 1 is 1.03 bits per heavy atom. The van der Waals surface area contributed by atoms with Crippen LogP contribution in [0.3, 0.4) is 0 Å². The van der Waals surface area contributed by atoms with E-state index in [1.165, 1.54) is 5.56 Å². The second-order valence-corrected chi connectivity index (χ2v) is 7.00. The number of rotatable bonds is 9. The molecule has 1 fully saturated rings. The van der Waals surface area contributed by atoms with Gasteiger partial charge in [-0.1, -0.05) is 12.1 Å². The average Bonchev–Trinajstić information content (AvgIpc) is 2.75. The molecular formula is C22H30N4O3. The molecule has 0 saturated carbocycles. The first-order chi connectivity index (χ1) is 14.2. The summed E-state index contributed by atoms with van der Waals surface area (Å²) in [5.74, 6) is 0. The molecule has 1 aliphatic rings. The molecule has 29 heavy (non-hydrogen) atoms. The van der Waals surface area contributed by atoms with E-state index in [-0.39, 0.29) is 6.03 Å². The molecule has 1 aromatic heterocycles. The quantitative estimate of drug-likeness (QED) is 0.658. The maximum Gasteiger partial charge on any atom is 0.321 e. The van der Waals surface area contributed by atoms with Crippen molar-refractivity contribution in [3.05, 3.63) is 59.9 Å². The zero-order chi connectivity index (χ0) is 20.3. The second kappa shape index (κ2) is 11.5. The molecule has 3 rings (SSSR count). The number of amides is 2. The van der Waals surface area contributed by atoms with Gasteiger partial charge in [0.2, 0.25) is 0 Å². The monoisotopic (exact) mass is 398 g/mol. The van der Waals surface area contributed by atoms with E-state index in [1.807, 2.05) is 60.6 Å². The number of carbonyl (C=O) groups excluding carboxylic acids is 1. The van der Waals surface area contributed by atoms with Crippen molar-refractivity contribution in [1.29, 1.82) is 0 Å². The van der Waals surface area contributed by atoms with E-state index in [0.29, 0.717) is 26.4 Å². The summed E-state index contributed by atoms with van der Waals surface area (Å²) < 4.78 is 10.9. The first-order valence-corrected chi connectivity index (χ1v) is 10.2. The molecule has 2 aromatic rings. The molecule has 0 atom stereocenters. The van der Waals surface area contributed by atoms with Crippen LogP contribution >= 0.6 is 0 Å². The summed E-state index contributed by atoms with van der Waals surface area (Å²) in [6, 6.07) is 11.8. The number of carbonyl (C=O) groups is 1. The third-order valence-electron chi connectivity index (χ3n) is 4.84. The van der Waals surface area contributed by atoms with Crippen molar-refractivity contribution in [3.8, 4) is 0 Å². The maximum atomic E-state index is 12.6. The molecule has 7 nitrogen and oxygen atoms in total. The van der Waals surface area contributed by atoms with Crippen molar-refractivity contribution >= 4 is 11.7 Å². The highest BCUT2D eigenvalue weighted by Crippen LogP contribution is 2.14. The van der Waals surface area contributed by atoms with Crippen LogP contribution < -0.4 is 5.32 Å². The smallest absolute Gasteiger partial charge is 0.321 e. The van der Waals surface area contributed by atoms with E-state index >= 15 is 0 Å². The minimum Gasteiger partial charge on any atom is -0.379 e. The van der Waals surface area contributed by atoms with Gasteiger partial charge in [0, 0.05) is 57.4 Å². The zero-order valence-electron chi connectivity index (χ0n) is 17.0. The molecule has 2 heterocycles. The van der Waals surface area contributed by atoms with Crippen molar-refractivity contribution < 1.29 is 14.3 Å². The summed E-state index contributed by atoms with van der Waals surface area (Å²) in [6.45, 7) is 8.39. The van der Waals surface area contributed by atoms with Gasteiger partial charge in [-0.15, -0.1) is 0 Å². The highest BCUT2D eigenvalue weighted by molar-refractivity contribution is 5.89. The van der Waals surface area contributed by atoms with Crippen LogP contribution in [-0.4, -0.2) is 66.8 Å². The van der Waals surface area contributed by atoms with Gasteiger partial charge in [-0.25, -0.2) is 4.79 Å². The van der Waals surface area contributed by atoms with E-state index in [4.69, 9.17) is 9.47 Å². The predicted octanol–water partition coefficient (Wildman–Crippen LogP) is 2.98. The second-order valence-electron chi connectivity index (χ2n) is 7.00. The molecule has 7 heteroatoms. The lowest BCUT2D eigenvalue weighted by Crippen LogP contribution is -2.49. The number of ether oxygens (including phenoxy) is 2. The van der Waals surface area contributed by atoms with Gasteiger partial charge in [0.25, 0.3) is 0 Å². The van der Waals surface area contributed by atoms with E-state index in [1.54, 1.807) is 0 Å². The first-order valence-electron chi connectivity index (χ1n) is 10.2. The zero-order valence-corrected chi connectivity index (χ0v) is 17.0. The molecule has 1 saturated heterocycles. The SMILES string of the molecule is CCOCCOCc1cccc(NC(=O)N2CCN(Cc3ccncc3)CC2)c1. The Bertz CT molecular complexity index is 749. The summed E-state index contributed by atoms with van der Waals surface area (Å²) in [6.07, 6.45) is 3.63. The number of benzene rings is 1. The van der Waals surface area contributed by atoms with Crippen LogP contribution in [0.5, 0.6) is 0 Å². The normalized spacial score (nSPS) is 14.7. The van der Waals surface area contributed by atoms with Gasteiger partial charge in [0.15, 0.2) is 0 Å². The van der Waals surface area contributed by atoms with Crippen LogP contribution in [-0.2, 0) is 22.6 Å². The summed E-state index contributed by atoms with van der Waals surface area (Å²) >= 11 is 0. The van der Waals surface area contributed by atoms with Crippen molar-refractivity contribution in [2.24, 2.45) is 0 Å². The number of hydrogen-bond acceptors (Lipinski definition) is 5. The number of nitrogens with zero attached hydrogens (tertiary/aromatic N) is 3. The van der Waals surface area contributed by atoms with Crippen LogP contribution in [0.1, 0.15) is 18.1 Å². The van der Waals surface area contributed by atoms with Crippen molar-refractivity contribution in [3.63, 3.8) is 0 Å². The van der Waals surface area contributed by atoms with Gasteiger partial charge in [-0.2, -0.15) is 0 Å². The number of urea groups is 1. The van der Waals surface area contributed by atoms with Crippen LogP contribution in [0.2, 0.25) is 0 Å². The van der Waals surface area contributed by atoms with Gasteiger partial charge in [-0.05, 0) is 42.3 Å². The number of aromatic nitrogens is 1. The fourth-order valence-corrected chi connectivity index (χ4v) is 3.25. The molecule has 2 amide bonds. The summed E-state index contributed by atoms with van der Waals surface area (Å²) in [5, 5.41) is 3.01. The van der Waals surface area contributed by atoms with Gasteiger partial charge in [0.05, 0.1) is 19.8 Å². The molecule has 0 spiro atoms. The van der Waals surface area contributed by atoms with Crippen molar-refractivity contribution in [2.45, 2.75) is 20.1 Å². The Hall–Kier alpha value is -2.48. The molecular weight excluding hydrogens is 368 g/mol. The number of piperazine rings is 1. The average molecular weight is 399 g/mol. The Kier molecular flexibility index (Phi) is 8.42. The predicted molar refractivity (Wildman–Crippen MR) is 113 cm³/mol. The molecule has 1 N–H and O–H groups in total. The van der Waals surface area contributed by atoms with Crippen LogP contribution in [0, 0.1) is 0 Å². The van der Waals surface area contributed by atoms with Gasteiger partial charge in [0.1, 0.15) is 0 Å². The van der Waals surface area contributed by atoms with Crippen LogP contribution in [0.15, 0.2) is 48.8 Å². The van der Waals surface area contributed by atoms with Crippen LogP contribution in [0.4, 0.5) is 10.5 Å². The largest absolute Gasteiger partial charge is 0.379 e. The minimum atomic E-state index is -0.0528. The Morgan fingerprint density at radius 2 is 1.79 bits per heavy atom. The molecule has 0 bridgehead atoms. The fourth-order valence-electron chi connectivity index (χ4n) is 3.25. The topological polar surface area (TPSA) is 66.9 Å². The molecule has 0 aliphatic carbocycles. The molecule has 0 unspecified atom stereocenters. The van der Waals surface area contributed by atoms with Crippen molar-refractivity contribution in [2.75, 3.05) is 51.3 Å². The first kappa shape index (κ1) is 21.2. The number of anilines is 1. The standard InChI is InChI=1S/C22H30N4O3/c1-2-28-14-15-29-18-20-4-3-5-21(16-20)24-22(27)26-12-10-25(11-13-26)17-19-6-8-23-9-7-19/h3-9,16H,2,10-15,17-18H2,1H3,(H,24,27). The summed E-state index contributed by atoms with van der Waals surface area (Å²) in [7, 11) is 0. The lowest BCUT2D eigenvalue weighted by molar-refractivity contribution is 0.0453. The van der Waals surface area contributed by atoms with E-state index < -0.39 is 0 Å². The lowest BCUT2D eigenvalue weighted by Gasteiger charge is -2.34. The molecule has 0 radical (unpaired) electrons.